The minimum Gasteiger partial charge on any atom is -0.507 e. The Morgan fingerprint density at radius 2 is 1.94 bits per heavy atom. The molecule has 2 heterocycles. The zero-order chi connectivity index (χ0) is 23.0. The Labute approximate surface area is 187 Å². The second kappa shape index (κ2) is 8.57. The molecule has 0 fully saturated rings. The third-order valence-electron chi connectivity index (χ3n) is 6.09. The maximum absolute atomic E-state index is 13.4. The monoisotopic (exact) mass is 435 g/mol. The van der Waals surface area contributed by atoms with E-state index in [1.165, 1.54) is 7.11 Å². The second-order valence-electron chi connectivity index (χ2n) is 8.38. The third kappa shape index (κ3) is 3.57. The van der Waals surface area contributed by atoms with Crippen molar-refractivity contribution in [3.05, 3.63) is 58.3 Å². The Kier molecular flexibility index (Phi) is 5.82. The topological polar surface area (TPSA) is 98.7 Å². The van der Waals surface area contributed by atoms with E-state index in [4.69, 9.17) is 4.74 Å². The van der Waals surface area contributed by atoms with E-state index in [1.54, 1.807) is 18.2 Å². The molecule has 0 spiro atoms. The number of ether oxygens (including phenoxy) is 1. The molecule has 0 saturated heterocycles. The van der Waals surface area contributed by atoms with Gasteiger partial charge in [-0.2, -0.15) is 5.10 Å². The zero-order valence-electron chi connectivity index (χ0n) is 18.9. The summed E-state index contributed by atoms with van der Waals surface area (Å²) in [6, 6.07) is 8.53. The van der Waals surface area contributed by atoms with Crippen molar-refractivity contribution < 1.29 is 19.7 Å². The third-order valence-corrected chi connectivity index (χ3v) is 6.09. The number of carbonyl (C=O) groups is 1. The first-order valence-electron chi connectivity index (χ1n) is 10.9. The van der Waals surface area contributed by atoms with Crippen LogP contribution in [0.2, 0.25) is 0 Å². The van der Waals surface area contributed by atoms with Crippen molar-refractivity contribution in [2.45, 2.75) is 46.1 Å². The lowest BCUT2D eigenvalue weighted by atomic mass is 9.93. The molecule has 1 aromatic heterocycles. The molecule has 0 aliphatic carbocycles. The minimum absolute atomic E-state index is 0.0395. The van der Waals surface area contributed by atoms with Crippen LogP contribution in [-0.4, -0.2) is 44.9 Å². The van der Waals surface area contributed by atoms with E-state index >= 15 is 0 Å². The number of amides is 1. The van der Waals surface area contributed by atoms with Crippen molar-refractivity contribution in [2.24, 2.45) is 0 Å². The van der Waals surface area contributed by atoms with E-state index in [2.05, 4.69) is 17.1 Å². The fourth-order valence-electron chi connectivity index (χ4n) is 4.52. The largest absolute Gasteiger partial charge is 0.507 e. The summed E-state index contributed by atoms with van der Waals surface area (Å²) in [5.74, 6) is 0.425. The van der Waals surface area contributed by atoms with E-state index in [1.807, 2.05) is 30.9 Å². The Morgan fingerprint density at radius 3 is 2.66 bits per heavy atom. The normalized spacial score (nSPS) is 15.3. The number of hydrogen-bond acceptors (Lipinski definition) is 5. The molecule has 0 radical (unpaired) electrons. The molecule has 168 valence electrons. The first-order valence-corrected chi connectivity index (χ1v) is 10.9. The molecule has 1 atom stereocenters. The highest BCUT2D eigenvalue weighted by atomic mass is 16.5. The van der Waals surface area contributed by atoms with Crippen LogP contribution in [0.5, 0.6) is 17.2 Å². The van der Waals surface area contributed by atoms with Crippen molar-refractivity contribution in [3.63, 3.8) is 0 Å². The van der Waals surface area contributed by atoms with Gasteiger partial charge in [-0.1, -0.05) is 31.9 Å². The molecule has 2 aromatic carbocycles. The molecule has 0 bridgehead atoms. The molecule has 7 heteroatoms. The van der Waals surface area contributed by atoms with Crippen LogP contribution >= 0.6 is 0 Å². The highest BCUT2D eigenvalue weighted by Gasteiger charge is 2.42. The molecule has 1 unspecified atom stereocenters. The van der Waals surface area contributed by atoms with Crippen molar-refractivity contribution in [3.8, 4) is 28.5 Å². The first-order chi connectivity index (χ1) is 15.4. The quantitative estimate of drug-likeness (QED) is 0.461. The van der Waals surface area contributed by atoms with Gasteiger partial charge in [-0.25, -0.2) is 0 Å². The van der Waals surface area contributed by atoms with Gasteiger partial charge in [0.25, 0.3) is 5.91 Å². The standard InChI is InChI=1S/C25H29N3O4/c1-5-6-7-10-28-23(16-8-9-18(29)19(13-16)32-4)20-21(26-27-22(20)25(28)31)17-12-14(2)11-15(3)24(17)30/h8-9,11-13,23,29-30H,5-7,10H2,1-4H3,(H,26,27). The summed E-state index contributed by atoms with van der Waals surface area (Å²) >= 11 is 0. The highest BCUT2D eigenvalue weighted by molar-refractivity contribution is 6.00. The molecule has 3 aromatic rings. The number of nitrogens with one attached hydrogen (secondary N) is 1. The van der Waals surface area contributed by atoms with Crippen molar-refractivity contribution >= 4 is 5.91 Å². The zero-order valence-corrected chi connectivity index (χ0v) is 18.9. The summed E-state index contributed by atoms with van der Waals surface area (Å²) in [5, 5.41) is 28.3. The van der Waals surface area contributed by atoms with Gasteiger partial charge in [0.15, 0.2) is 11.5 Å². The number of phenolic OH excluding ortho intramolecular Hbond substituents is 2. The second-order valence-corrected chi connectivity index (χ2v) is 8.38. The van der Waals surface area contributed by atoms with E-state index in [-0.39, 0.29) is 17.4 Å². The highest BCUT2D eigenvalue weighted by Crippen LogP contribution is 2.46. The van der Waals surface area contributed by atoms with Crippen LogP contribution in [0.3, 0.4) is 0 Å². The maximum atomic E-state index is 13.4. The molecule has 7 nitrogen and oxygen atoms in total. The Balaban J connectivity index is 1.90. The molecule has 4 rings (SSSR count). The van der Waals surface area contributed by atoms with E-state index < -0.39 is 6.04 Å². The predicted octanol–water partition coefficient (Wildman–Crippen LogP) is 4.85. The number of fused-ring (bicyclic) bond motifs is 1. The number of methoxy groups -OCH3 is 1. The van der Waals surface area contributed by atoms with Crippen LogP contribution in [0.15, 0.2) is 30.3 Å². The lowest BCUT2D eigenvalue weighted by Gasteiger charge is -2.27. The van der Waals surface area contributed by atoms with Gasteiger partial charge in [0, 0.05) is 17.7 Å². The van der Waals surface area contributed by atoms with Gasteiger partial charge in [0.05, 0.1) is 13.2 Å². The summed E-state index contributed by atoms with van der Waals surface area (Å²) in [6.45, 7) is 6.54. The number of hydrogen-bond donors (Lipinski definition) is 3. The Bertz CT molecular complexity index is 1170. The van der Waals surface area contributed by atoms with Crippen molar-refractivity contribution in [1.82, 2.24) is 15.1 Å². The average Bonchev–Trinajstić information content (AvgIpc) is 3.31. The number of nitrogens with zero attached hydrogens (tertiary/aromatic N) is 2. The predicted molar refractivity (Wildman–Crippen MR) is 122 cm³/mol. The summed E-state index contributed by atoms with van der Waals surface area (Å²) in [7, 11) is 1.50. The smallest absolute Gasteiger partial charge is 0.273 e. The fourth-order valence-corrected chi connectivity index (χ4v) is 4.52. The van der Waals surface area contributed by atoms with Crippen LogP contribution in [-0.2, 0) is 0 Å². The molecule has 1 amide bonds. The fraction of sp³-hybridized carbons (Fsp3) is 0.360. The van der Waals surface area contributed by atoms with Crippen LogP contribution in [0, 0.1) is 13.8 Å². The van der Waals surface area contributed by atoms with Gasteiger partial charge in [-0.05, 0) is 55.2 Å². The lowest BCUT2D eigenvalue weighted by Crippen LogP contribution is -2.30. The molecule has 0 saturated carbocycles. The molecule has 1 aliphatic heterocycles. The summed E-state index contributed by atoms with van der Waals surface area (Å²) in [6.07, 6.45) is 2.95. The molecule has 32 heavy (non-hydrogen) atoms. The van der Waals surface area contributed by atoms with Gasteiger partial charge in [0.1, 0.15) is 17.1 Å². The summed E-state index contributed by atoms with van der Waals surface area (Å²) in [5.41, 5.74) is 4.90. The van der Waals surface area contributed by atoms with Crippen molar-refractivity contribution in [1.29, 1.82) is 0 Å². The Hall–Kier alpha value is -3.48. The van der Waals surface area contributed by atoms with Gasteiger partial charge in [-0.3, -0.25) is 9.89 Å². The SMILES string of the molecule is CCCCCN1C(=O)c2[nH]nc(-c3cc(C)cc(C)c3O)c2C1c1ccc(O)c(OC)c1. The van der Waals surface area contributed by atoms with Gasteiger partial charge in [0.2, 0.25) is 0 Å². The summed E-state index contributed by atoms with van der Waals surface area (Å²) < 4.78 is 5.32. The maximum Gasteiger partial charge on any atom is 0.273 e. The average molecular weight is 436 g/mol. The van der Waals surface area contributed by atoms with E-state index in [9.17, 15) is 15.0 Å². The number of aromatic hydroxyl groups is 2. The number of aromatic amines is 1. The number of unbranched alkanes of at least 4 members (excludes halogenated alkanes) is 2. The molecular weight excluding hydrogens is 406 g/mol. The first kappa shape index (κ1) is 21.7. The van der Waals surface area contributed by atoms with Crippen LogP contribution in [0.25, 0.3) is 11.3 Å². The van der Waals surface area contributed by atoms with Gasteiger partial charge in [-0.15, -0.1) is 0 Å². The van der Waals surface area contributed by atoms with Gasteiger partial charge >= 0.3 is 0 Å². The van der Waals surface area contributed by atoms with Gasteiger partial charge < -0.3 is 19.8 Å². The van der Waals surface area contributed by atoms with Crippen molar-refractivity contribution in [2.75, 3.05) is 13.7 Å². The van der Waals surface area contributed by atoms with Crippen LogP contribution < -0.4 is 4.74 Å². The molecular formula is C25H29N3O4. The number of benzene rings is 2. The number of phenols is 2. The molecule has 1 aliphatic rings. The number of H-pyrrole nitrogens is 1. The summed E-state index contributed by atoms with van der Waals surface area (Å²) in [4.78, 5) is 15.2. The lowest BCUT2D eigenvalue weighted by molar-refractivity contribution is 0.0740. The number of carbonyl (C=O) groups excluding carboxylic acids is 1. The van der Waals surface area contributed by atoms with Crippen LogP contribution in [0.1, 0.15) is 65.0 Å². The van der Waals surface area contributed by atoms with E-state index in [0.717, 1.165) is 41.5 Å². The van der Waals surface area contributed by atoms with Crippen LogP contribution in [0.4, 0.5) is 0 Å². The Morgan fingerprint density at radius 1 is 1.16 bits per heavy atom. The number of aryl methyl sites for hydroxylation is 2. The number of aromatic nitrogens is 2. The van der Waals surface area contributed by atoms with E-state index in [0.29, 0.717) is 29.2 Å². The molecule has 3 N–H and O–H groups in total. The minimum atomic E-state index is -0.405. The number of rotatable bonds is 7.